The molecule has 1 aromatic rings. The highest BCUT2D eigenvalue weighted by Crippen LogP contribution is 2.23. The molecule has 122 valence electrons. The molecule has 0 radical (unpaired) electrons. The molecule has 22 heavy (non-hydrogen) atoms. The maximum Gasteiger partial charge on any atom is 0.441 e. The van der Waals surface area contributed by atoms with E-state index in [0.29, 0.717) is 0 Å². The third-order valence-electron chi connectivity index (χ3n) is 2.04. The molecular weight excluding hydrogens is 317 g/mol. The number of hydrogen-bond acceptors (Lipinski definition) is 4. The van der Waals surface area contributed by atoms with Crippen molar-refractivity contribution in [3.05, 3.63) is 34.6 Å². The fraction of sp³-hybridized carbons (Fsp3) is 0.333. The third kappa shape index (κ3) is 3.83. The van der Waals surface area contributed by atoms with Crippen LogP contribution >= 0.6 is 0 Å². The van der Waals surface area contributed by atoms with Gasteiger partial charge < -0.3 is 9.57 Å². The lowest BCUT2D eigenvalue weighted by molar-refractivity contribution is -0.00206. The van der Waals surface area contributed by atoms with Crippen molar-refractivity contribution in [3.63, 3.8) is 0 Å². The summed E-state index contributed by atoms with van der Waals surface area (Å²) >= 11 is 0. The Bertz CT molecular complexity index is 598. The molecule has 1 N–H and O–H groups in total. The number of halogens is 5. The lowest BCUT2D eigenvalue weighted by atomic mass is 10.1. The number of nitrogens with one attached hydrogen (secondary N) is 1. The second kappa shape index (κ2) is 6.16. The molecule has 1 amide bonds. The SMILES string of the molecule is CC(C)(C)OC(=O)NOC(=O)c1c(F)c(F)c(F)c(F)c1F. The van der Waals surface area contributed by atoms with Gasteiger partial charge in [0.2, 0.25) is 5.82 Å². The lowest BCUT2D eigenvalue weighted by Crippen LogP contribution is -2.34. The summed E-state index contributed by atoms with van der Waals surface area (Å²) in [5.74, 6) is -13.8. The standard InChI is InChI=1S/C12H10F5NO4/c1-12(2,3)21-11(20)18-22-10(19)4-5(13)7(15)9(17)8(16)6(4)14/h1-3H3,(H,18,20). The van der Waals surface area contributed by atoms with Crippen LogP contribution in [0.4, 0.5) is 26.7 Å². The first-order valence-corrected chi connectivity index (χ1v) is 5.67. The van der Waals surface area contributed by atoms with Crippen LogP contribution in [-0.4, -0.2) is 17.7 Å². The van der Waals surface area contributed by atoms with Gasteiger partial charge in [0.25, 0.3) is 0 Å². The number of amides is 1. The van der Waals surface area contributed by atoms with E-state index in [1.54, 1.807) is 0 Å². The smallest absolute Gasteiger partial charge is 0.441 e. The fourth-order valence-corrected chi connectivity index (χ4v) is 1.22. The van der Waals surface area contributed by atoms with Crippen LogP contribution in [0, 0.1) is 29.1 Å². The van der Waals surface area contributed by atoms with Crippen molar-refractivity contribution in [2.24, 2.45) is 0 Å². The minimum absolute atomic E-state index is 0.971. The minimum Gasteiger partial charge on any atom is -0.442 e. The zero-order valence-corrected chi connectivity index (χ0v) is 11.5. The average molecular weight is 327 g/mol. The van der Waals surface area contributed by atoms with E-state index >= 15 is 0 Å². The highest BCUT2D eigenvalue weighted by atomic mass is 19.2. The Labute approximate surface area is 121 Å². The van der Waals surface area contributed by atoms with Crippen molar-refractivity contribution < 1.29 is 41.1 Å². The molecule has 0 fully saturated rings. The molecule has 0 aliphatic rings. The predicted octanol–water partition coefficient (Wildman–Crippen LogP) is 2.98. The van der Waals surface area contributed by atoms with E-state index in [2.05, 4.69) is 9.57 Å². The molecule has 5 nitrogen and oxygen atoms in total. The summed E-state index contributed by atoms with van der Waals surface area (Å²) in [6.07, 6.45) is -1.30. The first kappa shape index (κ1) is 17.7. The number of carbonyl (C=O) groups is 2. The van der Waals surface area contributed by atoms with E-state index in [0.717, 1.165) is 0 Å². The molecule has 0 saturated carbocycles. The van der Waals surface area contributed by atoms with Gasteiger partial charge in [-0.2, -0.15) is 0 Å². The number of benzene rings is 1. The maximum absolute atomic E-state index is 13.3. The number of hydrogen-bond donors (Lipinski definition) is 1. The Morgan fingerprint density at radius 1 is 0.864 bits per heavy atom. The van der Waals surface area contributed by atoms with Crippen molar-refractivity contribution in [1.82, 2.24) is 5.48 Å². The number of carbonyl (C=O) groups excluding carboxylic acids is 2. The van der Waals surface area contributed by atoms with Crippen molar-refractivity contribution in [2.45, 2.75) is 26.4 Å². The molecule has 0 atom stereocenters. The molecule has 0 aliphatic carbocycles. The predicted molar refractivity (Wildman–Crippen MR) is 61.0 cm³/mol. The monoisotopic (exact) mass is 327 g/mol. The molecule has 1 aromatic carbocycles. The Morgan fingerprint density at radius 2 is 1.27 bits per heavy atom. The van der Waals surface area contributed by atoms with Crippen LogP contribution in [0.25, 0.3) is 0 Å². The van der Waals surface area contributed by atoms with E-state index in [1.165, 1.54) is 26.3 Å². The molecule has 0 saturated heterocycles. The summed E-state index contributed by atoms with van der Waals surface area (Å²) in [5, 5.41) is 0. The van der Waals surface area contributed by atoms with E-state index in [1.807, 2.05) is 0 Å². The lowest BCUT2D eigenvalue weighted by Gasteiger charge is -2.19. The molecule has 10 heteroatoms. The van der Waals surface area contributed by atoms with Gasteiger partial charge in [-0.3, -0.25) is 0 Å². The minimum atomic E-state index is -2.42. The normalized spacial score (nSPS) is 11.1. The van der Waals surface area contributed by atoms with Gasteiger partial charge in [-0.05, 0) is 20.8 Å². The average Bonchev–Trinajstić information content (AvgIpc) is 2.39. The van der Waals surface area contributed by atoms with Crippen LogP contribution in [0.2, 0.25) is 0 Å². The quantitative estimate of drug-likeness (QED) is 0.373. The largest absolute Gasteiger partial charge is 0.442 e. The Kier molecular flexibility index (Phi) is 4.94. The molecule has 0 heterocycles. The van der Waals surface area contributed by atoms with E-state index < -0.39 is 52.3 Å². The molecule has 0 bridgehead atoms. The summed E-state index contributed by atoms with van der Waals surface area (Å²) in [6.45, 7) is 4.41. The second-order valence-electron chi connectivity index (χ2n) is 4.94. The van der Waals surface area contributed by atoms with E-state index in [4.69, 9.17) is 0 Å². The molecular formula is C12H10F5NO4. The molecule has 0 aliphatic heterocycles. The van der Waals surface area contributed by atoms with Crippen molar-refractivity contribution in [2.75, 3.05) is 0 Å². The van der Waals surface area contributed by atoms with Crippen LogP contribution in [0.15, 0.2) is 0 Å². The summed E-state index contributed by atoms with van der Waals surface area (Å²) in [5.41, 5.74) is -1.45. The van der Waals surface area contributed by atoms with Crippen LogP contribution in [0.5, 0.6) is 0 Å². The van der Waals surface area contributed by atoms with Crippen molar-refractivity contribution >= 4 is 12.1 Å². The van der Waals surface area contributed by atoms with Crippen molar-refractivity contribution in [3.8, 4) is 0 Å². The van der Waals surface area contributed by atoms with Crippen molar-refractivity contribution in [1.29, 1.82) is 0 Å². The van der Waals surface area contributed by atoms with Gasteiger partial charge in [-0.1, -0.05) is 0 Å². The zero-order chi connectivity index (χ0) is 17.2. The van der Waals surface area contributed by atoms with Gasteiger partial charge in [0.05, 0.1) is 0 Å². The van der Waals surface area contributed by atoms with E-state index in [9.17, 15) is 31.5 Å². The molecule has 0 unspecified atom stereocenters. The fourth-order valence-electron chi connectivity index (χ4n) is 1.22. The Hall–Kier alpha value is -2.39. The van der Waals surface area contributed by atoms with Gasteiger partial charge in [0.1, 0.15) is 11.2 Å². The molecule has 0 spiro atoms. The van der Waals surface area contributed by atoms with Gasteiger partial charge in [-0.15, -0.1) is 5.48 Å². The van der Waals surface area contributed by atoms with Gasteiger partial charge in [0.15, 0.2) is 23.3 Å². The van der Waals surface area contributed by atoms with Crippen LogP contribution in [-0.2, 0) is 9.57 Å². The Morgan fingerprint density at radius 3 is 1.68 bits per heavy atom. The topological polar surface area (TPSA) is 64.6 Å². The molecule has 1 rings (SSSR count). The third-order valence-corrected chi connectivity index (χ3v) is 2.04. The summed E-state index contributed by atoms with van der Waals surface area (Å²) < 4.78 is 69.8. The van der Waals surface area contributed by atoms with Crippen LogP contribution in [0.3, 0.4) is 0 Å². The zero-order valence-electron chi connectivity index (χ0n) is 11.5. The van der Waals surface area contributed by atoms with E-state index in [-0.39, 0.29) is 0 Å². The Balaban J connectivity index is 2.94. The summed E-state index contributed by atoms with van der Waals surface area (Å²) in [4.78, 5) is 26.4. The summed E-state index contributed by atoms with van der Waals surface area (Å²) in [6, 6.07) is 0. The maximum atomic E-state index is 13.3. The molecule has 0 aromatic heterocycles. The number of rotatable bonds is 1. The van der Waals surface area contributed by atoms with Crippen LogP contribution in [0.1, 0.15) is 31.1 Å². The van der Waals surface area contributed by atoms with Gasteiger partial charge in [0, 0.05) is 0 Å². The number of ether oxygens (including phenoxy) is 1. The van der Waals surface area contributed by atoms with Gasteiger partial charge in [-0.25, -0.2) is 31.5 Å². The second-order valence-corrected chi connectivity index (χ2v) is 4.94. The summed E-state index contributed by atoms with van der Waals surface area (Å²) in [7, 11) is 0. The number of hydroxylamine groups is 1. The first-order valence-electron chi connectivity index (χ1n) is 5.67. The highest BCUT2D eigenvalue weighted by molar-refractivity contribution is 5.90. The van der Waals surface area contributed by atoms with Crippen LogP contribution < -0.4 is 5.48 Å². The highest BCUT2D eigenvalue weighted by Gasteiger charge is 2.31. The van der Waals surface area contributed by atoms with Gasteiger partial charge >= 0.3 is 12.1 Å². The first-order chi connectivity index (χ1) is 9.95.